The van der Waals surface area contributed by atoms with Crippen LogP contribution in [0.5, 0.6) is 0 Å². The van der Waals surface area contributed by atoms with Gasteiger partial charge in [0.2, 0.25) is 5.91 Å². The molecule has 0 aromatic carbocycles. The average molecular weight is 241 g/mol. The Morgan fingerprint density at radius 3 is 2.18 bits per heavy atom. The molecule has 0 radical (unpaired) electrons. The number of nitrogens with zero attached hydrogens (tertiary/aromatic N) is 1. The highest BCUT2D eigenvalue weighted by Crippen LogP contribution is 2.55. The molecule has 1 aliphatic rings. The third-order valence-corrected chi connectivity index (χ3v) is 4.33. The van der Waals surface area contributed by atoms with Crippen molar-refractivity contribution in [3.05, 3.63) is 0 Å². The minimum absolute atomic E-state index is 0.120. The van der Waals surface area contributed by atoms with Gasteiger partial charge in [0.15, 0.2) is 0 Å². The molecule has 17 heavy (non-hydrogen) atoms. The highest BCUT2D eigenvalue weighted by Gasteiger charge is 2.54. The van der Waals surface area contributed by atoms with Crippen molar-refractivity contribution in [2.24, 2.45) is 16.7 Å². The lowest BCUT2D eigenvalue weighted by Gasteiger charge is -2.42. The van der Waals surface area contributed by atoms with Crippen LogP contribution in [0.4, 0.5) is 0 Å². The molecule has 5 heteroatoms. The van der Waals surface area contributed by atoms with E-state index in [0.717, 1.165) is 0 Å². The molecule has 1 fully saturated rings. The van der Waals surface area contributed by atoms with Gasteiger partial charge in [0.05, 0.1) is 0 Å². The van der Waals surface area contributed by atoms with E-state index in [0.29, 0.717) is 12.8 Å². The molecule has 1 saturated carbocycles. The van der Waals surface area contributed by atoms with Crippen molar-refractivity contribution >= 4 is 11.9 Å². The van der Waals surface area contributed by atoms with Crippen LogP contribution < -0.4 is 10.5 Å². The molecule has 1 rings (SSSR count). The van der Waals surface area contributed by atoms with Crippen molar-refractivity contribution in [3.63, 3.8) is 0 Å². The number of carbonyl (C=O) groups is 2. The number of hydrazine groups is 1. The Bertz CT molecular complexity index is 339. The molecular formula is C12H21N2O3-. The van der Waals surface area contributed by atoms with E-state index >= 15 is 0 Å². The standard InChI is InChI=1S/C12H22N2O3/c1-11(2)8(9(15)13-14(4)5)6-7-12(11,3)10(16)17/h8H,6-7H2,1-5H3,(H,13,15)(H,16,17)/p-1/t8-,12-/m0/s1. The second-order valence-corrected chi connectivity index (χ2v) is 5.80. The maximum absolute atomic E-state index is 12.0. The lowest BCUT2D eigenvalue weighted by molar-refractivity contribution is -0.323. The summed E-state index contributed by atoms with van der Waals surface area (Å²) in [5.74, 6) is -1.49. The zero-order chi connectivity index (χ0) is 13.4. The van der Waals surface area contributed by atoms with Gasteiger partial charge in [-0.1, -0.05) is 20.8 Å². The topological polar surface area (TPSA) is 72.5 Å². The number of hydrogen-bond acceptors (Lipinski definition) is 4. The van der Waals surface area contributed by atoms with Crippen LogP contribution in [0, 0.1) is 16.7 Å². The smallest absolute Gasteiger partial charge is 0.237 e. The lowest BCUT2D eigenvalue weighted by Crippen LogP contribution is -2.51. The number of aliphatic carboxylic acids is 1. The van der Waals surface area contributed by atoms with Crippen LogP contribution in [0.3, 0.4) is 0 Å². The van der Waals surface area contributed by atoms with Crippen LogP contribution in [-0.4, -0.2) is 31.0 Å². The van der Waals surface area contributed by atoms with Gasteiger partial charge in [0, 0.05) is 31.4 Å². The molecule has 5 nitrogen and oxygen atoms in total. The SMILES string of the molecule is CN(C)NC(=O)[C@@H]1CC[C@@](C)(C(=O)[O-])C1(C)C. The average Bonchev–Trinajstić information content (AvgIpc) is 2.38. The van der Waals surface area contributed by atoms with E-state index in [1.807, 2.05) is 13.8 Å². The molecule has 0 spiro atoms. The molecule has 0 saturated heterocycles. The second-order valence-electron chi connectivity index (χ2n) is 5.80. The van der Waals surface area contributed by atoms with Gasteiger partial charge >= 0.3 is 0 Å². The van der Waals surface area contributed by atoms with Gasteiger partial charge in [0.1, 0.15) is 0 Å². The first kappa shape index (κ1) is 14.0. The van der Waals surface area contributed by atoms with E-state index in [1.54, 1.807) is 26.0 Å². The third kappa shape index (κ3) is 2.16. The second kappa shape index (κ2) is 4.29. The summed E-state index contributed by atoms with van der Waals surface area (Å²) in [5, 5.41) is 12.9. The van der Waals surface area contributed by atoms with Crippen molar-refractivity contribution in [2.45, 2.75) is 33.6 Å². The minimum atomic E-state index is -1.07. The highest BCUT2D eigenvalue weighted by atomic mass is 16.4. The molecule has 0 aromatic rings. The van der Waals surface area contributed by atoms with E-state index in [2.05, 4.69) is 5.43 Å². The molecule has 1 aliphatic carbocycles. The fraction of sp³-hybridized carbons (Fsp3) is 0.833. The van der Waals surface area contributed by atoms with Crippen LogP contribution in [0.2, 0.25) is 0 Å². The van der Waals surface area contributed by atoms with Crippen molar-refractivity contribution in [3.8, 4) is 0 Å². The first-order chi connectivity index (χ1) is 7.63. The lowest BCUT2D eigenvalue weighted by atomic mass is 9.65. The zero-order valence-electron chi connectivity index (χ0n) is 11.2. The molecule has 0 aliphatic heterocycles. The first-order valence-corrected chi connectivity index (χ1v) is 5.82. The van der Waals surface area contributed by atoms with E-state index in [9.17, 15) is 14.7 Å². The quantitative estimate of drug-likeness (QED) is 0.693. The van der Waals surface area contributed by atoms with Crippen molar-refractivity contribution in [2.75, 3.05) is 14.1 Å². The summed E-state index contributed by atoms with van der Waals surface area (Å²) in [6.45, 7) is 5.33. The fourth-order valence-electron chi connectivity index (χ4n) is 2.62. The Hall–Kier alpha value is -1.10. The number of hydrogen-bond donors (Lipinski definition) is 1. The Kier molecular flexibility index (Phi) is 3.52. The van der Waals surface area contributed by atoms with E-state index in [4.69, 9.17) is 0 Å². The van der Waals surface area contributed by atoms with Crippen LogP contribution in [0.25, 0.3) is 0 Å². The molecular weight excluding hydrogens is 220 g/mol. The van der Waals surface area contributed by atoms with Crippen molar-refractivity contribution < 1.29 is 14.7 Å². The van der Waals surface area contributed by atoms with E-state index in [1.165, 1.54) is 0 Å². The molecule has 0 bridgehead atoms. The molecule has 1 N–H and O–H groups in total. The Morgan fingerprint density at radius 1 is 1.29 bits per heavy atom. The predicted octanol–water partition coefficient (Wildman–Crippen LogP) is -0.228. The van der Waals surface area contributed by atoms with E-state index in [-0.39, 0.29) is 11.8 Å². The first-order valence-electron chi connectivity index (χ1n) is 5.82. The zero-order valence-corrected chi connectivity index (χ0v) is 11.2. The Morgan fingerprint density at radius 2 is 1.82 bits per heavy atom. The van der Waals surface area contributed by atoms with Gasteiger partial charge in [-0.2, -0.15) is 0 Å². The summed E-state index contributed by atoms with van der Waals surface area (Å²) >= 11 is 0. The molecule has 2 atom stereocenters. The van der Waals surface area contributed by atoms with Gasteiger partial charge in [-0.05, 0) is 18.3 Å². The summed E-state index contributed by atoms with van der Waals surface area (Å²) in [5.41, 5.74) is 1.15. The maximum atomic E-state index is 12.0. The van der Waals surface area contributed by atoms with Gasteiger partial charge in [-0.3, -0.25) is 10.2 Å². The molecule has 0 aromatic heterocycles. The molecule has 0 heterocycles. The van der Waals surface area contributed by atoms with Crippen LogP contribution in [0.15, 0.2) is 0 Å². The van der Waals surface area contributed by atoms with Gasteiger partial charge in [-0.15, -0.1) is 0 Å². The number of carboxylic acids is 1. The molecule has 98 valence electrons. The van der Waals surface area contributed by atoms with Crippen molar-refractivity contribution in [1.29, 1.82) is 0 Å². The number of carbonyl (C=O) groups excluding carboxylic acids is 2. The summed E-state index contributed by atoms with van der Waals surface area (Å²) in [4.78, 5) is 23.3. The summed E-state index contributed by atoms with van der Waals surface area (Å²) in [6, 6.07) is 0. The predicted molar refractivity (Wildman–Crippen MR) is 61.4 cm³/mol. The monoisotopic (exact) mass is 241 g/mol. The van der Waals surface area contributed by atoms with Gasteiger partial charge in [0.25, 0.3) is 0 Å². The summed E-state index contributed by atoms with van der Waals surface area (Å²) in [7, 11) is 3.47. The Balaban J connectivity index is 2.93. The fourth-order valence-corrected chi connectivity index (χ4v) is 2.62. The number of nitrogens with one attached hydrogen (secondary N) is 1. The van der Waals surface area contributed by atoms with Crippen LogP contribution in [0.1, 0.15) is 33.6 Å². The Labute approximate surface area is 102 Å². The normalized spacial score (nSPS) is 31.5. The minimum Gasteiger partial charge on any atom is -0.550 e. The van der Waals surface area contributed by atoms with Gasteiger partial charge in [-0.25, -0.2) is 5.01 Å². The highest BCUT2D eigenvalue weighted by molar-refractivity contribution is 5.82. The van der Waals surface area contributed by atoms with Crippen LogP contribution in [-0.2, 0) is 9.59 Å². The molecule has 0 unspecified atom stereocenters. The maximum Gasteiger partial charge on any atom is 0.237 e. The van der Waals surface area contributed by atoms with E-state index < -0.39 is 16.8 Å². The third-order valence-electron chi connectivity index (χ3n) is 4.33. The molecule has 1 amide bonds. The number of rotatable bonds is 3. The largest absolute Gasteiger partial charge is 0.550 e. The number of amides is 1. The van der Waals surface area contributed by atoms with Gasteiger partial charge < -0.3 is 9.90 Å². The van der Waals surface area contributed by atoms with Crippen LogP contribution >= 0.6 is 0 Å². The summed E-state index contributed by atoms with van der Waals surface area (Å²) in [6.07, 6.45) is 1.06. The summed E-state index contributed by atoms with van der Waals surface area (Å²) < 4.78 is 0. The van der Waals surface area contributed by atoms with Crippen molar-refractivity contribution in [1.82, 2.24) is 10.4 Å². The number of carboxylic acid groups (broad SMARTS) is 1.